The van der Waals surface area contributed by atoms with Crippen LogP contribution in [0.15, 0.2) is 35.4 Å². The summed E-state index contributed by atoms with van der Waals surface area (Å²) in [5.74, 6) is -0.0232. The smallest absolute Gasteiger partial charge is 0.267 e. The van der Waals surface area contributed by atoms with Crippen molar-refractivity contribution in [2.45, 2.75) is 4.90 Å². The van der Waals surface area contributed by atoms with Gasteiger partial charge in [-0.1, -0.05) is 0 Å². The number of aromatic nitrogens is 2. The van der Waals surface area contributed by atoms with Crippen molar-refractivity contribution in [3.63, 3.8) is 0 Å². The number of hydrogen-bond acceptors (Lipinski definition) is 5. The molecule has 3 N–H and O–H groups in total. The van der Waals surface area contributed by atoms with Crippen molar-refractivity contribution in [2.75, 3.05) is 29.5 Å². The Morgan fingerprint density at radius 3 is 2.30 bits per heavy atom. The molecule has 7 nitrogen and oxygen atoms in total. The molecule has 0 spiro atoms. The topological polar surface area (TPSA) is 93.2 Å². The first kappa shape index (κ1) is 14.2. The summed E-state index contributed by atoms with van der Waals surface area (Å²) in [6.07, 6.45) is 1.37. The summed E-state index contributed by atoms with van der Waals surface area (Å²) >= 11 is 0. The number of nitrogen functional groups attached to an aromatic ring is 1. The number of anilines is 3. The van der Waals surface area contributed by atoms with E-state index in [0.717, 1.165) is 5.69 Å². The van der Waals surface area contributed by atoms with Gasteiger partial charge in [0.25, 0.3) is 10.0 Å². The summed E-state index contributed by atoms with van der Waals surface area (Å²) in [7, 11) is 1.71. The third kappa shape index (κ3) is 2.85. The van der Waals surface area contributed by atoms with Gasteiger partial charge < -0.3 is 10.6 Å². The molecule has 0 aliphatic carbocycles. The first-order chi connectivity index (χ1) is 9.29. The molecule has 20 heavy (non-hydrogen) atoms. The highest BCUT2D eigenvalue weighted by molar-refractivity contribution is 7.92. The Morgan fingerprint density at radius 1 is 1.25 bits per heavy atom. The molecular weight excluding hydrogens is 278 g/mol. The molecule has 1 heterocycles. The second-order valence-electron chi connectivity index (χ2n) is 4.60. The molecule has 2 rings (SSSR count). The number of rotatable bonds is 4. The van der Waals surface area contributed by atoms with E-state index < -0.39 is 10.0 Å². The van der Waals surface area contributed by atoms with Crippen LogP contribution in [0.3, 0.4) is 0 Å². The van der Waals surface area contributed by atoms with Crippen molar-refractivity contribution >= 4 is 27.2 Å². The standard InChI is InChI=1S/C12H17N5O2S/c1-16(2)10-6-4-9(5-7-10)15-20(18,19)11-8-17(3)14-12(11)13/h4-8,15H,1-3H3,(H2,13,14). The predicted molar refractivity (Wildman–Crippen MR) is 79.2 cm³/mol. The maximum Gasteiger partial charge on any atom is 0.267 e. The van der Waals surface area contributed by atoms with Crippen LogP contribution in [0.4, 0.5) is 17.2 Å². The second kappa shape index (κ2) is 5.04. The number of nitrogens with one attached hydrogen (secondary N) is 1. The zero-order valence-corrected chi connectivity index (χ0v) is 12.3. The molecule has 1 aromatic carbocycles. The predicted octanol–water partition coefficient (Wildman–Crippen LogP) is 0.869. The van der Waals surface area contributed by atoms with Crippen molar-refractivity contribution in [1.82, 2.24) is 9.78 Å². The summed E-state index contributed by atoms with van der Waals surface area (Å²) in [5, 5.41) is 3.82. The van der Waals surface area contributed by atoms with Crippen LogP contribution in [0.2, 0.25) is 0 Å². The lowest BCUT2D eigenvalue weighted by Crippen LogP contribution is -2.14. The zero-order chi connectivity index (χ0) is 14.9. The minimum atomic E-state index is -3.73. The van der Waals surface area contributed by atoms with Crippen LogP contribution in [0.25, 0.3) is 0 Å². The van der Waals surface area contributed by atoms with Crippen molar-refractivity contribution in [3.05, 3.63) is 30.5 Å². The van der Waals surface area contributed by atoms with Crippen LogP contribution < -0.4 is 15.4 Å². The van der Waals surface area contributed by atoms with E-state index in [1.807, 2.05) is 31.1 Å². The Balaban J connectivity index is 2.26. The van der Waals surface area contributed by atoms with Gasteiger partial charge in [0.05, 0.1) is 0 Å². The lowest BCUT2D eigenvalue weighted by Gasteiger charge is -2.13. The van der Waals surface area contributed by atoms with Gasteiger partial charge in [-0.2, -0.15) is 5.10 Å². The molecule has 0 saturated heterocycles. The van der Waals surface area contributed by atoms with Crippen molar-refractivity contribution in [2.24, 2.45) is 7.05 Å². The molecule has 0 aliphatic heterocycles. The Bertz CT molecular complexity index is 704. The van der Waals surface area contributed by atoms with E-state index in [0.29, 0.717) is 5.69 Å². The highest BCUT2D eigenvalue weighted by atomic mass is 32.2. The maximum absolute atomic E-state index is 12.2. The van der Waals surface area contributed by atoms with Crippen LogP contribution in [0.5, 0.6) is 0 Å². The first-order valence-corrected chi connectivity index (χ1v) is 7.37. The lowest BCUT2D eigenvalue weighted by atomic mass is 10.3. The fourth-order valence-electron chi connectivity index (χ4n) is 1.73. The van der Waals surface area contributed by atoms with Gasteiger partial charge in [-0.15, -0.1) is 0 Å². The molecule has 8 heteroatoms. The van der Waals surface area contributed by atoms with Gasteiger partial charge in [0.15, 0.2) is 5.82 Å². The van der Waals surface area contributed by atoms with Crippen LogP contribution >= 0.6 is 0 Å². The summed E-state index contributed by atoms with van der Waals surface area (Å²) < 4.78 is 28.2. The zero-order valence-electron chi connectivity index (χ0n) is 11.5. The van der Waals surface area contributed by atoms with Gasteiger partial charge in [-0.05, 0) is 24.3 Å². The van der Waals surface area contributed by atoms with E-state index in [2.05, 4.69) is 9.82 Å². The minimum Gasteiger partial charge on any atom is -0.381 e. The molecule has 2 aromatic rings. The van der Waals surface area contributed by atoms with Gasteiger partial charge in [0.1, 0.15) is 4.90 Å². The number of sulfonamides is 1. The van der Waals surface area contributed by atoms with Crippen LogP contribution in [-0.2, 0) is 17.1 Å². The quantitative estimate of drug-likeness (QED) is 0.873. The largest absolute Gasteiger partial charge is 0.381 e. The highest BCUT2D eigenvalue weighted by Gasteiger charge is 2.20. The van der Waals surface area contributed by atoms with E-state index in [1.54, 1.807) is 19.2 Å². The lowest BCUT2D eigenvalue weighted by molar-refractivity contribution is 0.601. The third-order valence-electron chi connectivity index (χ3n) is 2.75. The number of hydrogen-bond donors (Lipinski definition) is 2. The first-order valence-electron chi connectivity index (χ1n) is 5.89. The SMILES string of the molecule is CN(C)c1ccc(NS(=O)(=O)c2cn(C)nc2N)cc1. The van der Waals surface area contributed by atoms with Gasteiger partial charge in [-0.3, -0.25) is 9.40 Å². The molecule has 0 fully saturated rings. The summed E-state index contributed by atoms with van der Waals surface area (Å²) in [5.41, 5.74) is 7.04. The average molecular weight is 295 g/mol. The minimum absolute atomic E-state index is 0.0232. The average Bonchev–Trinajstić information content (AvgIpc) is 2.69. The van der Waals surface area contributed by atoms with Crippen LogP contribution in [0.1, 0.15) is 0 Å². The normalized spacial score (nSPS) is 11.3. The Labute approximate surface area is 118 Å². The molecular formula is C12H17N5O2S. The molecule has 0 aliphatic rings. The Kier molecular flexibility index (Phi) is 3.58. The molecule has 108 valence electrons. The number of benzene rings is 1. The number of nitrogens with two attached hydrogens (primary N) is 1. The fourth-order valence-corrected chi connectivity index (χ4v) is 2.89. The third-order valence-corrected chi connectivity index (χ3v) is 4.15. The van der Waals surface area contributed by atoms with E-state index in [4.69, 9.17) is 5.73 Å². The summed E-state index contributed by atoms with van der Waals surface area (Å²) in [6.45, 7) is 0. The Hall–Kier alpha value is -2.22. The van der Waals surface area contributed by atoms with Crippen molar-refractivity contribution in [1.29, 1.82) is 0 Å². The van der Waals surface area contributed by atoms with Crippen molar-refractivity contribution < 1.29 is 8.42 Å². The van der Waals surface area contributed by atoms with Crippen LogP contribution in [0, 0.1) is 0 Å². The summed E-state index contributed by atoms with van der Waals surface area (Å²) in [6, 6.07) is 7.04. The van der Waals surface area contributed by atoms with E-state index >= 15 is 0 Å². The van der Waals surface area contributed by atoms with Gasteiger partial charge in [0.2, 0.25) is 0 Å². The maximum atomic E-state index is 12.2. The molecule has 0 bridgehead atoms. The molecule has 0 saturated carbocycles. The van der Waals surface area contributed by atoms with E-state index in [1.165, 1.54) is 10.9 Å². The van der Waals surface area contributed by atoms with E-state index in [9.17, 15) is 8.42 Å². The monoisotopic (exact) mass is 295 g/mol. The van der Waals surface area contributed by atoms with Crippen molar-refractivity contribution in [3.8, 4) is 0 Å². The summed E-state index contributed by atoms with van der Waals surface area (Å²) in [4.78, 5) is 1.90. The molecule has 0 amide bonds. The van der Waals surface area contributed by atoms with Gasteiger partial charge >= 0.3 is 0 Å². The number of aryl methyl sites for hydroxylation is 1. The van der Waals surface area contributed by atoms with Gasteiger partial charge in [0, 0.05) is 38.7 Å². The highest BCUT2D eigenvalue weighted by Crippen LogP contribution is 2.21. The fraction of sp³-hybridized carbons (Fsp3) is 0.250. The van der Waals surface area contributed by atoms with Crippen LogP contribution in [-0.4, -0.2) is 32.3 Å². The molecule has 0 radical (unpaired) electrons. The molecule has 0 unspecified atom stereocenters. The number of nitrogens with zero attached hydrogens (tertiary/aromatic N) is 3. The van der Waals surface area contributed by atoms with Gasteiger partial charge in [-0.25, -0.2) is 8.42 Å². The molecule has 0 atom stereocenters. The Morgan fingerprint density at radius 2 is 1.85 bits per heavy atom. The molecule has 1 aromatic heterocycles. The second-order valence-corrected chi connectivity index (χ2v) is 6.25. The van der Waals surface area contributed by atoms with E-state index in [-0.39, 0.29) is 10.7 Å².